The van der Waals surface area contributed by atoms with Crippen LogP contribution in [0.3, 0.4) is 0 Å². The maximum Gasteiger partial charge on any atom is 0.323 e. The Morgan fingerprint density at radius 3 is 2.38 bits per heavy atom. The Balaban J connectivity index is 2.62. The van der Waals surface area contributed by atoms with E-state index >= 15 is 0 Å². The van der Waals surface area contributed by atoms with Crippen LogP contribution in [0.4, 0.5) is 0 Å². The van der Waals surface area contributed by atoms with Gasteiger partial charge < -0.3 is 15.3 Å². The van der Waals surface area contributed by atoms with Crippen LogP contribution in [0.5, 0.6) is 0 Å². The van der Waals surface area contributed by atoms with Crippen LogP contribution in [0.15, 0.2) is 0 Å². The average Bonchev–Trinajstić information content (AvgIpc) is 2.73. The Morgan fingerprint density at radius 2 is 1.90 bits per heavy atom. The zero-order valence-electron chi connectivity index (χ0n) is 14.3. The molecule has 1 fully saturated rings. The summed E-state index contributed by atoms with van der Waals surface area (Å²) < 4.78 is 0. The van der Waals surface area contributed by atoms with Crippen molar-refractivity contribution < 1.29 is 9.90 Å². The van der Waals surface area contributed by atoms with E-state index in [1.165, 1.54) is 38.5 Å². The van der Waals surface area contributed by atoms with Gasteiger partial charge >= 0.3 is 5.97 Å². The third-order valence-corrected chi connectivity index (χ3v) is 5.04. The number of hydrogen-bond acceptors (Lipinski definition) is 3. The van der Waals surface area contributed by atoms with Crippen molar-refractivity contribution in [3.63, 3.8) is 0 Å². The molecule has 0 aliphatic heterocycles. The predicted molar refractivity (Wildman–Crippen MR) is 87.7 cm³/mol. The molecular formula is C17H34N2O2. The van der Waals surface area contributed by atoms with Crippen LogP contribution >= 0.6 is 0 Å². The van der Waals surface area contributed by atoms with Crippen molar-refractivity contribution >= 4 is 5.97 Å². The minimum Gasteiger partial charge on any atom is -0.480 e. The van der Waals surface area contributed by atoms with E-state index in [1.54, 1.807) is 0 Å². The van der Waals surface area contributed by atoms with Crippen molar-refractivity contribution in [1.82, 2.24) is 10.2 Å². The maximum atomic E-state index is 11.6. The molecule has 0 heterocycles. The third kappa shape index (κ3) is 5.59. The Kier molecular flexibility index (Phi) is 7.67. The van der Waals surface area contributed by atoms with Gasteiger partial charge in [-0.2, -0.15) is 0 Å². The highest BCUT2D eigenvalue weighted by atomic mass is 16.4. The first-order chi connectivity index (χ1) is 9.90. The fourth-order valence-corrected chi connectivity index (χ4v) is 3.40. The molecule has 0 amide bonds. The topological polar surface area (TPSA) is 52.6 Å². The molecule has 0 aromatic rings. The van der Waals surface area contributed by atoms with Crippen LogP contribution in [0.2, 0.25) is 0 Å². The number of carboxylic acids is 1. The van der Waals surface area contributed by atoms with Gasteiger partial charge in [0.1, 0.15) is 5.54 Å². The quantitative estimate of drug-likeness (QED) is 0.675. The van der Waals surface area contributed by atoms with Crippen molar-refractivity contribution in [2.45, 2.75) is 89.8 Å². The summed E-state index contributed by atoms with van der Waals surface area (Å²) >= 11 is 0. The molecule has 2 unspecified atom stereocenters. The molecule has 1 aliphatic carbocycles. The standard InChI is InChI=1S/C17H34N2O2/c1-5-12-18-17(3,16(20)21)13-14(2)19(4)15-10-8-6-7-9-11-15/h14-15,18H,5-13H2,1-4H3,(H,20,21). The monoisotopic (exact) mass is 298 g/mol. The SMILES string of the molecule is CCCNC(C)(CC(C)N(C)C1CCCCCC1)C(=O)O. The molecule has 1 rings (SSSR count). The molecule has 2 N–H and O–H groups in total. The van der Waals surface area contributed by atoms with Crippen LogP contribution in [0.25, 0.3) is 0 Å². The molecule has 0 radical (unpaired) electrons. The second kappa shape index (κ2) is 8.74. The van der Waals surface area contributed by atoms with Gasteiger partial charge in [0, 0.05) is 12.1 Å². The number of carbonyl (C=O) groups is 1. The first-order valence-electron chi connectivity index (χ1n) is 8.61. The van der Waals surface area contributed by atoms with E-state index in [4.69, 9.17) is 0 Å². The summed E-state index contributed by atoms with van der Waals surface area (Å²) in [4.78, 5) is 14.1. The van der Waals surface area contributed by atoms with Crippen molar-refractivity contribution in [3.8, 4) is 0 Å². The molecule has 1 aliphatic rings. The van der Waals surface area contributed by atoms with Crippen molar-refractivity contribution in [3.05, 3.63) is 0 Å². The zero-order chi connectivity index (χ0) is 15.9. The van der Waals surface area contributed by atoms with E-state index in [0.29, 0.717) is 12.5 Å². The van der Waals surface area contributed by atoms with Crippen LogP contribution in [0, 0.1) is 0 Å². The molecule has 4 heteroatoms. The van der Waals surface area contributed by atoms with E-state index in [-0.39, 0.29) is 6.04 Å². The first kappa shape index (κ1) is 18.4. The lowest BCUT2D eigenvalue weighted by atomic mass is 9.91. The van der Waals surface area contributed by atoms with E-state index < -0.39 is 11.5 Å². The fourth-order valence-electron chi connectivity index (χ4n) is 3.40. The molecule has 0 spiro atoms. The Morgan fingerprint density at radius 1 is 1.33 bits per heavy atom. The van der Waals surface area contributed by atoms with E-state index in [2.05, 4.69) is 31.1 Å². The van der Waals surface area contributed by atoms with Crippen LogP contribution in [-0.2, 0) is 4.79 Å². The Bertz CT molecular complexity index is 314. The molecule has 4 nitrogen and oxygen atoms in total. The van der Waals surface area contributed by atoms with Gasteiger partial charge in [-0.1, -0.05) is 32.6 Å². The molecule has 124 valence electrons. The van der Waals surface area contributed by atoms with Gasteiger partial charge in [0.2, 0.25) is 0 Å². The number of aliphatic carboxylic acids is 1. The number of nitrogens with zero attached hydrogens (tertiary/aromatic N) is 1. The van der Waals surface area contributed by atoms with Gasteiger partial charge in [-0.15, -0.1) is 0 Å². The minimum atomic E-state index is -0.825. The van der Waals surface area contributed by atoms with Gasteiger partial charge in [0.25, 0.3) is 0 Å². The molecule has 1 saturated carbocycles. The summed E-state index contributed by atoms with van der Waals surface area (Å²) in [6.45, 7) is 6.81. The second-order valence-corrected chi connectivity index (χ2v) is 6.93. The lowest BCUT2D eigenvalue weighted by Crippen LogP contribution is -2.54. The Hall–Kier alpha value is -0.610. The highest BCUT2D eigenvalue weighted by molar-refractivity contribution is 5.78. The fraction of sp³-hybridized carbons (Fsp3) is 0.941. The highest BCUT2D eigenvalue weighted by Gasteiger charge is 2.35. The van der Waals surface area contributed by atoms with Crippen LogP contribution < -0.4 is 5.32 Å². The van der Waals surface area contributed by atoms with Gasteiger partial charge in [0.05, 0.1) is 0 Å². The van der Waals surface area contributed by atoms with Crippen LogP contribution in [0.1, 0.15) is 72.1 Å². The van der Waals surface area contributed by atoms with E-state index in [1.807, 2.05) is 6.92 Å². The number of carboxylic acid groups (broad SMARTS) is 1. The summed E-state index contributed by atoms with van der Waals surface area (Å²) in [5, 5.41) is 12.8. The first-order valence-corrected chi connectivity index (χ1v) is 8.61. The summed E-state index contributed by atoms with van der Waals surface area (Å²) in [5.41, 5.74) is -0.825. The van der Waals surface area contributed by atoms with Gasteiger partial charge in [0.15, 0.2) is 0 Å². The maximum absolute atomic E-state index is 11.6. The molecule has 2 atom stereocenters. The zero-order valence-corrected chi connectivity index (χ0v) is 14.3. The van der Waals surface area contributed by atoms with Gasteiger partial charge in [-0.05, 0) is 53.1 Å². The lowest BCUT2D eigenvalue weighted by molar-refractivity contribution is -0.145. The summed E-state index contributed by atoms with van der Waals surface area (Å²) in [7, 11) is 2.17. The lowest BCUT2D eigenvalue weighted by Gasteiger charge is -2.37. The van der Waals surface area contributed by atoms with Crippen molar-refractivity contribution in [2.75, 3.05) is 13.6 Å². The summed E-state index contributed by atoms with van der Waals surface area (Å²) in [6.07, 6.45) is 9.44. The average molecular weight is 298 g/mol. The predicted octanol–water partition coefficient (Wildman–Crippen LogP) is 3.26. The van der Waals surface area contributed by atoms with Crippen molar-refractivity contribution in [1.29, 1.82) is 0 Å². The van der Waals surface area contributed by atoms with E-state index in [0.717, 1.165) is 13.0 Å². The molecule has 0 aromatic carbocycles. The second-order valence-electron chi connectivity index (χ2n) is 6.93. The molecule has 0 aromatic heterocycles. The molecule has 0 saturated heterocycles. The number of hydrogen-bond donors (Lipinski definition) is 2. The summed E-state index contributed by atoms with van der Waals surface area (Å²) in [6, 6.07) is 0.894. The molecular weight excluding hydrogens is 264 g/mol. The minimum absolute atomic E-state index is 0.276. The van der Waals surface area contributed by atoms with E-state index in [9.17, 15) is 9.90 Å². The normalized spacial score (nSPS) is 21.8. The third-order valence-electron chi connectivity index (χ3n) is 5.04. The largest absolute Gasteiger partial charge is 0.480 e. The highest BCUT2D eigenvalue weighted by Crippen LogP contribution is 2.25. The number of rotatable bonds is 8. The smallest absolute Gasteiger partial charge is 0.323 e. The Labute approximate surface area is 130 Å². The van der Waals surface area contributed by atoms with Crippen LogP contribution in [-0.4, -0.2) is 47.2 Å². The van der Waals surface area contributed by atoms with Crippen molar-refractivity contribution in [2.24, 2.45) is 0 Å². The molecule has 21 heavy (non-hydrogen) atoms. The van der Waals surface area contributed by atoms with Gasteiger partial charge in [-0.3, -0.25) is 4.79 Å². The summed E-state index contributed by atoms with van der Waals surface area (Å²) in [5.74, 6) is -0.739. The number of nitrogens with one attached hydrogen (secondary N) is 1. The van der Waals surface area contributed by atoms with Gasteiger partial charge in [-0.25, -0.2) is 0 Å². The molecule has 0 bridgehead atoms.